The minimum atomic E-state index is -4.70. The lowest BCUT2D eigenvalue weighted by molar-refractivity contribution is -0.137. The number of hydrogen-bond acceptors (Lipinski definition) is 3. The molecule has 140 valence electrons. The first-order valence-corrected chi connectivity index (χ1v) is 7.71. The summed E-state index contributed by atoms with van der Waals surface area (Å²) in [4.78, 5) is 23.7. The van der Waals surface area contributed by atoms with E-state index in [9.17, 15) is 32.3 Å². The molecule has 2 aromatic rings. The summed E-state index contributed by atoms with van der Waals surface area (Å²) in [6, 6.07) is 2.26. The molecule has 0 spiro atoms. The number of hydrogen-bond donors (Lipinski definition) is 2. The molecule has 1 fully saturated rings. The molecule has 1 saturated heterocycles. The first-order chi connectivity index (χ1) is 12.2. The lowest BCUT2D eigenvalue weighted by Gasteiger charge is -2.37. The van der Waals surface area contributed by atoms with Gasteiger partial charge in [-0.2, -0.15) is 18.3 Å². The number of alkyl halides is 3. The molecule has 0 bridgehead atoms. The zero-order chi connectivity index (χ0) is 19.1. The van der Waals surface area contributed by atoms with Gasteiger partial charge in [0.2, 0.25) is 0 Å². The van der Waals surface area contributed by atoms with Crippen LogP contribution in [-0.4, -0.2) is 27.8 Å². The van der Waals surface area contributed by atoms with Crippen molar-refractivity contribution in [3.8, 4) is 0 Å². The average Bonchev–Trinajstić information content (AvgIpc) is 3.00. The van der Waals surface area contributed by atoms with E-state index in [0.717, 1.165) is 17.0 Å². The minimum Gasteiger partial charge on any atom is -0.465 e. The fourth-order valence-corrected chi connectivity index (χ4v) is 3.22. The van der Waals surface area contributed by atoms with Crippen LogP contribution in [0.5, 0.6) is 0 Å². The van der Waals surface area contributed by atoms with Crippen LogP contribution in [-0.2, 0) is 6.18 Å². The van der Waals surface area contributed by atoms with Crippen LogP contribution >= 0.6 is 0 Å². The molecule has 0 aliphatic carbocycles. The summed E-state index contributed by atoms with van der Waals surface area (Å²) in [5.41, 5.74) is -1.76. The van der Waals surface area contributed by atoms with E-state index in [1.807, 2.05) is 0 Å². The van der Waals surface area contributed by atoms with Gasteiger partial charge in [-0.05, 0) is 25.0 Å². The van der Waals surface area contributed by atoms with Crippen LogP contribution in [0, 0.1) is 5.82 Å². The summed E-state index contributed by atoms with van der Waals surface area (Å²) >= 11 is 0. The van der Waals surface area contributed by atoms with Gasteiger partial charge < -0.3 is 14.5 Å². The number of halogens is 4. The van der Waals surface area contributed by atoms with Gasteiger partial charge in [-0.15, -0.1) is 0 Å². The van der Waals surface area contributed by atoms with Gasteiger partial charge >= 0.3 is 12.3 Å². The Labute approximate surface area is 144 Å². The molecule has 26 heavy (non-hydrogen) atoms. The second-order valence-electron chi connectivity index (χ2n) is 6.06. The van der Waals surface area contributed by atoms with Crippen LogP contribution in [0.4, 0.5) is 22.4 Å². The van der Waals surface area contributed by atoms with Crippen LogP contribution < -0.4 is 5.56 Å². The number of aromatic nitrogens is 1. The molecule has 0 radical (unpaired) electrons. The molecule has 10 heteroatoms. The molecule has 1 amide bonds. The van der Waals surface area contributed by atoms with Crippen molar-refractivity contribution in [2.75, 3.05) is 6.54 Å². The third kappa shape index (κ3) is 3.44. The van der Waals surface area contributed by atoms with Crippen molar-refractivity contribution >= 4 is 6.09 Å². The molecule has 1 aromatic heterocycles. The fraction of sp³-hybridized carbons (Fsp3) is 0.375. The van der Waals surface area contributed by atoms with Crippen molar-refractivity contribution in [3.63, 3.8) is 0 Å². The van der Waals surface area contributed by atoms with Gasteiger partial charge in [-0.25, -0.2) is 9.18 Å². The third-order valence-corrected chi connectivity index (χ3v) is 4.48. The zero-order valence-corrected chi connectivity index (χ0v) is 13.2. The molecule has 6 nitrogen and oxygen atoms in total. The van der Waals surface area contributed by atoms with Gasteiger partial charge in [0, 0.05) is 24.1 Å². The molecule has 2 heterocycles. The Morgan fingerprint density at radius 3 is 2.58 bits per heavy atom. The van der Waals surface area contributed by atoms with E-state index in [1.54, 1.807) is 0 Å². The van der Waals surface area contributed by atoms with Crippen LogP contribution in [0.2, 0.25) is 0 Å². The average molecular weight is 374 g/mol. The molecule has 2 atom stereocenters. The first-order valence-electron chi connectivity index (χ1n) is 7.71. The Morgan fingerprint density at radius 1 is 1.31 bits per heavy atom. The van der Waals surface area contributed by atoms with E-state index in [1.165, 1.54) is 6.07 Å². The number of piperidine rings is 1. The maximum atomic E-state index is 14.3. The molecule has 2 N–H and O–H groups in total. The summed E-state index contributed by atoms with van der Waals surface area (Å²) in [6.07, 6.45) is -5.58. The van der Waals surface area contributed by atoms with Gasteiger partial charge in [0.15, 0.2) is 0 Å². The van der Waals surface area contributed by atoms with E-state index in [0.29, 0.717) is 18.2 Å². The number of carbonyl (C=O) groups is 1. The summed E-state index contributed by atoms with van der Waals surface area (Å²) in [7, 11) is 0. The molecule has 3 rings (SSSR count). The second kappa shape index (κ2) is 6.50. The summed E-state index contributed by atoms with van der Waals surface area (Å²) in [6.45, 7) is 0.0278. The van der Waals surface area contributed by atoms with Crippen molar-refractivity contribution in [3.05, 3.63) is 57.3 Å². The first kappa shape index (κ1) is 18.0. The van der Waals surface area contributed by atoms with Gasteiger partial charge in [0.25, 0.3) is 5.56 Å². The Kier molecular flexibility index (Phi) is 4.51. The van der Waals surface area contributed by atoms with Crippen molar-refractivity contribution in [1.29, 1.82) is 0 Å². The van der Waals surface area contributed by atoms with Crippen molar-refractivity contribution in [2.24, 2.45) is 0 Å². The van der Waals surface area contributed by atoms with Crippen molar-refractivity contribution in [1.82, 2.24) is 10.1 Å². The highest BCUT2D eigenvalue weighted by atomic mass is 19.4. The van der Waals surface area contributed by atoms with Crippen LogP contribution in [0.3, 0.4) is 0 Å². The van der Waals surface area contributed by atoms with Crippen LogP contribution in [0.1, 0.15) is 41.7 Å². The smallest absolute Gasteiger partial charge is 0.416 e. The fourth-order valence-electron chi connectivity index (χ4n) is 3.22. The number of nitrogens with one attached hydrogen (secondary N) is 1. The number of carboxylic acid groups (broad SMARTS) is 1. The lowest BCUT2D eigenvalue weighted by atomic mass is 9.85. The van der Waals surface area contributed by atoms with Gasteiger partial charge in [0.05, 0.1) is 11.6 Å². The monoisotopic (exact) mass is 374 g/mol. The Bertz CT molecular complexity index is 874. The molecule has 0 saturated carbocycles. The van der Waals surface area contributed by atoms with Gasteiger partial charge in [-0.1, -0.05) is 6.07 Å². The predicted molar refractivity (Wildman–Crippen MR) is 80.2 cm³/mol. The van der Waals surface area contributed by atoms with E-state index < -0.39 is 35.3 Å². The van der Waals surface area contributed by atoms with E-state index in [-0.39, 0.29) is 24.4 Å². The normalized spacial score (nSPS) is 21.0. The molecule has 1 aliphatic heterocycles. The van der Waals surface area contributed by atoms with E-state index in [4.69, 9.17) is 4.52 Å². The number of amides is 1. The second-order valence-corrected chi connectivity index (χ2v) is 6.06. The number of aromatic amines is 1. The maximum absolute atomic E-state index is 14.3. The standard InChI is InChI=1S/C16H14F4N2O4/c17-11-6-9(16(18,19)20)1-2-10(11)12-5-8(3-4-22(12)15(24)25)13-7-14(23)21-26-13/h1-2,6-8,12H,3-5H2,(H,21,23)(H,24,25). The molecule has 2 unspecified atom stereocenters. The highest BCUT2D eigenvalue weighted by Gasteiger charge is 2.37. The Balaban J connectivity index is 1.95. The van der Waals surface area contributed by atoms with Crippen LogP contribution in [0.25, 0.3) is 0 Å². The van der Waals surface area contributed by atoms with Crippen molar-refractivity contribution in [2.45, 2.75) is 31.0 Å². The van der Waals surface area contributed by atoms with E-state index >= 15 is 0 Å². The lowest BCUT2D eigenvalue weighted by Crippen LogP contribution is -2.40. The largest absolute Gasteiger partial charge is 0.465 e. The highest BCUT2D eigenvalue weighted by Crippen LogP contribution is 2.41. The quantitative estimate of drug-likeness (QED) is 0.785. The summed E-state index contributed by atoms with van der Waals surface area (Å²) in [5.74, 6) is -1.19. The highest BCUT2D eigenvalue weighted by molar-refractivity contribution is 5.66. The summed E-state index contributed by atoms with van der Waals surface area (Å²) in [5, 5.41) is 11.5. The number of benzene rings is 1. The van der Waals surface area contributed by atoms with E-state index in [2.05, 4.69) is 5.16 Å². The predicted octanol–water partition coefficient (Wildman–Crippen LogP) is 3.72. The Hall–Kier alpha value is -2.78. The van der Waals surface area contributed by atoms with Crippen molar-refractivity contribution < 1.29 is 32.0 Å². The maximum Gasteiger partial charge on any atom is 0.416 e. The summed E-state index contributed by atoms with van der Waals surface area (Å²) < 4.78 is 57.5. The Morgan fingerprint density at radius 2 is 2.04 bits per heavy atom. The number of likely N-dealkylation sites (tertiary alicyclic amines) is 1. The number of nitrogens with zero attached hydrogens (tertiary/aromatic N) is 1. The SMILES string of the molecule is O=C(O)N1CCC(c2cc(=O)[nH]o2)CC1c1ccc(C(F)(F)F)cc1F. The number of rotatable bonds is 2. The molecular formula is C16H14F4N2O4. The van der Waals surface area contributed by atoms with Gasteiger partial charge in [-0.3, -0.25) is 4.79 Å². The molecule has 1 aliphatic rings. The molecular weight excluding hydrogens is 360 g/mol. The zero-order valence-electron chi connectivity index (χ0n) is 13.2. The minimum absolute atomic E-state index is 0.0278. The van der Waals surface area contributed by atoms with Crippen LogP contribution in [0.15, 0.2) is 33.6 Å². The topological polar surface area (TPSA) is 86.5 Å². The van der Waals surface area contributed by atoms with Gasteiger partial charge in [0.1, 0.15) is 11.6 Å². The number of H-pyrrole nitrogens is 1. The molecule has 1 aromatic carbocycles. The third-order valence-electron chi connectivity index (χ3n) is 4.48.